The molecule has 0 fully saturated rings. The summed E-state index contributed by atoms with van der Waals surface area (Å²) in [5.41, 5.74) is 0.372. The van der Waals surface area contributed by atoms with Gasteiger partial charge in [0, 0.05) is 23.3 Å². The maximum atomic E-state index is 13.2. The number of ether oxygens (including phenoxy) is 1. The van der Waals surface area contributed by atoms with E-state index in [9.17, 15) is 9.59 Å². The molecule has 0 unspecified atom stereocenters. The number of aromatic nitrogens is 4. The predicted molar refractivity (Wildman–Crippen MR) is 137 cm³/mol. The Morgan fingerprint density at radius 2 is 1.81 bits per heavy atom. The van der Waals surface area contributed by atoms with E-state index in [1.165, 1.54) is 4.57 Å². The van der Waals surface area contributed by atoms with E-state index in [1.807, 2.05) is 13.0 Å². The number of halogens is 2. The van der Waals surface area contributed by atoms with Crippen molar-refractivity contribution in [2.24, 2.45) is 0 Å². The lowest BCUT2D eigenvalue weighted by Gasteiger charge is -2.16. The highest BCUT2D eigenvalue weighted by Crippen LogP contribution is 2.31. The Hall–Kier alpha value is -4.13. The van der Waals surface area contributed by atoms with Crippen molar-refractivity contribution in [2.45, 2.75) is 26.4 Å². The van der Waals surface area contributed by atoms with Crippen LogP contribution in [0.25, 0.3) is 0 Å². The Kier molecular flexibility index (Phi) is 7.68. The van der Waals surface area contributed by atoms with Crippen LogP contribution in [-0.2, 0) is 13.1 Å². The summed E-state index contributed by atoms with van der Waals surface area (Å²) in [6, 6.07) is 18.6. The third kappa shape index (κ3) is 5.74. The van der Waals surface area contributed by atoms with Crippen molar-refractivity contribution < 1.29 is 4.74 Å². The van der Waals surface area contributed by atoms with Gasteiger partial charge in [-0.25, -0.2) is 19.1 Å². The van der Waals surface area contributed by atoms with Crippen molar-refractivity contribution in [2.75, 3.05) is 5.32 Å². The van der Waals surface area contributed by atoms with E-state index in [1.54, 1.807) is 60.7 Å². The smallest absolute Gasteiger partial charge is 0.354 e. The number of hydrogen-bond acceptors (Lipinski definition) is 7. The van der Waals surface area contributed by atoms with Crippen LogP contribution in [0.5, 0.6) is 11.6 Å². The zero-order valence-electron chi connectivity index (χ0n) is 19.1. The quantitative estimate of drug-likeness (QED) is 0.347. The zero-order valence-corrected chi connectivity index (χ0v) is 20.6. The van der Waals surface area contributed by atoms with Crippen molar-refractivity contribution in [1.82, 2.24) is 19.1 Å². The minimum Gasteiger partial charge on any atom is -0.437 e. The number of rotatable bonds is 8. The van der Waals surface area contributed by atoms with Gasteiger partial charge < -0.3 is 10.1 Å². The van der Waals surface area contributed by atoms with Crippen LogP contribution in [0.2, 0.25) is 10.0 Å². The lowest BCUT2D eigenvalue weighted by atomic mass is 10.2. The fourth-order valence-electron chi connectivity index (χ4n) is 3.39. The Labute approximate surface area is 216 Å². The fraction of sp³-hybridized carbons (Fsp3) is 0.160. The molecule has 4 aromatic rings. The van der Waals surface area contributed by atoms with Gasteiger partial charge in [-0.05, 0) is 48.4 Å². The second-order valence-electron chi connectivity index (χ2n) is 7.71. The summed E-state index contributed by atoms with van der Waals surface area (Å²) < 4.78 is 8.18. The number of nitrogens with one attached hydrogen (secondary N) is 1. The summed E-state index contributed by atoms with van der Waals surface area (Å²) in [5, 5.41) is 12.8. The average molecular weight is 523 g/mol. The molecule has 36 heavy (non-hydrogen) atoms. The van der Waals surface area contributed by atoms with Gasteiger partial charge >= 0.3 is 11.4 Å². The van der Waals surface area contributed by atoms with E-state index in [-0.39, 0.29) is 35.6 Å². The molecule has 2 aromatic heterocycles. The molecule has 0 saturated carbocycles. The minimum absolute atomic E-state index is 0.0698. The fourth-order valence-corrected chi connectivity index (χ4v) is 3.74. The van der Waals surface area contributed by atoms with Crippen LogP contribution in [0.1, 0.15) is 24.6 Å². The minimum atomic E-state index is -0.647. The molecule has 0 aliphatic rings. The second-order valence-corrected chi connectivity index (χ2v) is 8.55. The molecule has 0 atom stereocenters. The first-order valence-electron chi connectivity index (χ1n) is 11.0. The lowest BCUT2D eigenvalue weighted by molar-refractivity contribution is 0.463. The van der Waals surface area contributed by atoms with E-state index >= 15 is 0 Å². The van der Waals surface area contributed by atoms with E-state index in [4.69, 9.17) is 33.2 Å². The molecule has 2 heterocycles. The van der Waals surface area contributed by atoms with Crippen molar-refractivity contribution in [1.29, 1.82) is 5.26 Å². The summed E-state index contributed by atoms with van der Waals surface area (Å²) in [6.45, 7) is 2.30. The summed E-state index contributed by atoms with van der Waals surface area (Å²) >= 11 is 12.4. The molecule has 9 nitrogen and oxygen atoms in total. The van der Waals surface area contributed by atoms with Crippen molar-refractivity contribution >= 4 is 34.8 Å². The molecular weight excluding hydrogens is 503 g/mol. The number of nitrogens with zero attached hydrogens (tertiary/aromatic N) is 5. The SMILES string of the molecule is CCCn1c(=O)nc(Nc2ccc(Oc3cccc(C#N)n3)c(Cl)c2)n(Cc2ccc(Cl)cc2)c1=O. The van der Waals surface area contributed by atoms with Crippen LogP contribution in [0, 0.1) is 11.3 Å². The van der Waals surface area contributed by atoms with Crippen LogP contribution in [0.3, 0.4) is 0 Å². The third-order valence-corrected chi connectivity index (χ3v) is 5.64. The molecule has 0 radical (unpaired) electrons. The summed E-state index contributed by atoms with van der Waals surface area (Å²) in [5.74, 6) is 0.602. The Morgan fingerprint density at radius 1 is 1.03 bits per heavy atom. The van der Waals surface area contributed by atoms with Gasteiger partial charge in [-0.2, -0.15) is 10.2 Å². The van der Waals surface area contributed by atoms with Gasteiger partial charge in [0.1, 0.15) is 17.5 Å². The molecule has 0 aliphatic carbocycles. The molecule has 11 heteroatoms. The van der Waals surface area contributed by atoms with Gasteiger partial charge in [0.2, 0.25) is 11.8 Å². The zero-order chi connectivity index (χ0) is 25.7. The summed E-state index contributed by atoms with van der Waals surface area (Å²) in [6.07, 6.45) is 0.605. The Balaban J connectivity index is 1.66. The van der Waals surface area contributed by atoms with Crippen molar-refractivity contribution in [3.63, 3.8) is 0 Å². The lowest BCUT2D eigenvalue weighted by Crippen LogP contribution is -2.42. The Morgan fingerprint density at radius 3 is 2.50 bits per heavy atom. The first-order chi connectivity index (χ1) is 17.4. The molecule has 1 N–H and O–H groups in total. The van der Waals surface area contributed by atoms with Gasteiger partial charge in [-0.3, -0.25) is 4.57 Å². The van der Waals surface area contributed by atoms with Crippen molar-refractivity contribution in [3.05, 3.63) is 103 Å². The molecule has 0 amide bonds. The maximum Gasteiger partial charge on any atom is 0.354 e. The molecular formula is C25H20Cl2N6O3. The number of anilines is 2. The van der Waals surface area contributed by atoms with E-state index in [0.29, 0.717) is 22.9 Å². The van der Waals surface area contributed by atoms with Crippen LogP contribution < -0.4 is 21.4 Å². The van der Waals surface area contributed by atoms with E-state index < -0.39 is 11.4 Å². The maximum absolute atomic E-state index is 13.2. The number of nitriles is 1. The Bertz CT molecular complexity index is 1560. The second kappa shape index (κ2) is 11.1. The predicted octanol–water partition coefficient (Wildman–Crippen LogP) is 4.97. The van der Waals surface area contributed by atoms with Crippen LogP contribution in [-0.4, -0.2) is 19.1 Å². The van der Waals surface area contributed by atoms with Gasteiger partial charge in [0.15, 0.2) is 0 Å². The number of pyridine rings is 1. The normalized spacial score (nSPS) is 10.6. The van der Waals surface area contributed by atoms with Gasteiger partial charge in [0.05, 0.1) is 11.6 Å². The molecule has 2 aromatic carbocycles. The van der Waals surface area contributed by atoms with Gasteiger partial charge in [-0.1, -0.05) is 48.3 Å². The van der Waals surface area contributed by atoms with Gasteiger partial charge in [0.25, 0.3) is 0 Å². The summed E-state index contributed by atoms with van der Waals surface area (Å²) in [4.78, 5) is 33.9. The third-order valence-electron chi connectivity index (χ3n) is 5.09. The molecule has 182 valence electrons. The standard InChI is InChI=1S/C25H20Cl2N6O3/c1-2-12-32-24(34)31-23(33(25(32)35)15-16-6-8-17(26)9-7-16)30-18-10-11-21(20(27)13-18)36-22-5-3-4-19(14-28)29-22/h3-11,13H,2,12,15H2,1H3,(H,30,31,34). The topological polar surface area (TPSA) is 115 Å². The van der Waals surface area contributed by atoms with Crippen LogP contribution in [0.15, 0.2) is 70.3 Å². The first kappa shape index (κ1) is 25.0. The largest absolute Gasteiger partial charge is 0.437 e. The van der Waals surface area contributed by atoms with Crippen molar-refractivity contribution in [3.8, 4) is 17.7 Å². The first-order valence-corrected chi connectivity index (χ1v) is 11.7. The molecule has 4 rings (SSSR count). The molecule has 0 aliphatic heterocycles. The van der Waals surface area contributed by atoms with E-state index in [0.717, 1.165) is 10.1 Å². The summed E-state index contributed by atoms with van der Waals surface area (Å²) in [7, 11) is 0. The van der Waals surface area contributed by atoms with Gasteiger partial charge in [-0.15, -0.1) is 0 Å². The number of hydrogen-bond donors (Lipinski definition) is 1. The monoisotopic (exact) mass is 522 g/mol. The van der Waals surface area contributed by atoms with Crippen LogP contribution in [0.4, 0.5) is 11.6 Å². The highest BCUT2D eigenvalue weighted by atomic mass is 35.5. The van der Waals surface area contributed by atoms with Crippen LogP contribution >= 0.6 is 23.2 Å². The molecule has 0 bridgehead atoms. The van der Waals surface area contributed by atoms with E-state index in [2.05, 4.69) is 15.3 Å². The highest BCUT2D eigenvalue weighted by Gasteiger charge is 2.15. The highest BCUT2D eigenvalue weighted by molar-refractivity contribution is 6.32. The number of benzene rings is 2. The molecule has 0 saturated heterocycles. The average Bonchev–Trinajstić information content (AvgIpc) is 2.87. The molecule has 0 spiro atoms.